The zero-order chi connectivity index (χ0) is 24.7. The summed E-state index contributed by atoms with van der Waals surface area (Å²) in [5, 5.41) is 6.76. The topological polar surface area (TPSA) is 88.9 Å². The summed E-state index contributed by atoms with van der Waals surface area (Å²) in [5.41, 5.74) is 4.01. The van der Waals surface area contributed by atoms with Crippen molar-refractivity contribution in [2.45, 2.75) is 70.9 Å². The lowest BCUT2D eigenvalue weighted by atomic mass is 10.0. The van der Waals surface area contributed by atoms with Gasteiger partial charge >= 0.3 is 0 Å². The van der Waals surface area contributed by atoms with Gasteiger partial charge < -0.3 is 15.2 Å². The largest absolute Gasteiger partial charge is 0.363 e. The molecule has 1 fully saturated rings. The predicted octanol–water partition coefficient (Wildman–Crippen LogP) is 5.11. The van der Waals surface area contributed by atoms with Crippen molar-refractivity contribution in [1.82, 2.24) is 19.9 Å². The standard InChI is InChI=1S/C27H32ClN5O2/c1-4-26(35)31-18-7-5-17(11-18)23(34)15-30-24-13-19(20(28)14-29-24)16-6-8-21-22(12-16)33-25(32-21)9-10-27(33,2)3/h6,8,12-14,17-18H,4-5,7,9-11,15H2,1-3H3,(H,29,30)(H,31,35)/t17-,18+/m0/s1. The van der Waals surface area contributed by atoms with E-state index in [0.29, 0.717) is 23.7 Å². The van der Waals surface area contributed by atoms with E-state index in [0.717, 1.165) is 53.7 Å². The van der Waals surface area contributed by atoms with Gasteiger partial charge in [0.25, 0.3) is 0 Å². The fraction of sp³-hybridized carbons (Fsp3) is 0.481. The molecule has 1 saturated carbocycles. The van der Waals surface area contributed by atoms with Crippen molar-refractivity contribution in [3.8, 4) is 11.1 Å². The third-order valence-electron chi connectivity index (χ3n) is 7.47. The molecule has 0 saturated heterocycles. The van der Waals surface area contributed by atoms with E-state index in [2.05, 4.69) is 40.1 Å². The maximum absolute atomic E-state index is 12.8. The number of hydrogen-bond acceptors (Lipinski definition) is 5. The SMILES string of the molecule is CCC(=O)N[C@@H]1CC[C@H](C(=O)CNc2cc(-c3ccc4nc5n(c4c3)C(C)(C)CC5)c(Cl)cn2)C1. The number of rotatable bonds is 7. The number of ketones is 1. The molecule has 3 heterocycles. The van der Waals surface area contributed by atoms with Crippen LogP contribution in [0.2, 0.25) is 5.02 Å². The number of anilines is 1. The molecular weight excluding hydrogens is 462 g/mol. The minimum atomic E-state index is -0.0360. The molecule has 5 rings (SSSR count). The van der Waals surface area contributed by atoms with E-state index < -0.39 is 0 Å². The number of nitrogens with one attached hydrogen (secondary N) is 2. The second-order valence-electron chi connectivity index (χ2n) is 10.4. The monoisotopic (exact) mass is 493 g/mol. The number of nitrogens with zero attached hydrogens (tertiary/aromatic N) is 3. The average Bonchev–Trinajstić information content (AvgIpc) is 3.53. The van der Waals surface area contributed by atoms with Crippen LogP contribution in [0.15, 0.2) is 30.5 Å². The fourth-order valence-corrected chi connectivity index (χ4v) is 5.69. The first kappa shape index (κ1) is 23.8. The maximum atomic E-state index is 12.8. The van der Waals surface area contributed by atoms with Crippen molar-refractivity contribution >= 4 is 40.1 Å². The highest BCUT2D eigenvalue weighted by molar-refractivity contribution is 6.33. The molecule has 2 aliphatic rings. The van der Waals surface area contributed by atoms with Crippen LogP contribution in [0.25, 0.3) is 22.2 Å². The third-order valence-corrected chi connectivity index (χ3v) is 7.78. The molecule has 3 aromatic rings. The Kier molecular flexibility index (Phi) is 6.30. The Morgan fingerprint density at radius 1 is 1.23 bits per heavy atom. The van der Waals surface area contributed by atoms with Gasteiger partial charge in [-0.2, -0.15) is 0 Å². The van der Waals surface area contributed by atoms with Gasteiger partial charge in [0.15, 0.2) is 5.78 Å². The van der Waals surface area contributed by atoms with Crippen LogP contribution in [0.1, 0.15) is 58.7 Å². The van der Waals surface area contributed by atoms with Crippen LogP contribution in [0, 0.1) is 5.92 Å². The van der Waals surface area contributed by atoms with E-state index in [-0.39, 0.29) is 35.7 Å². The van der Waals surface area contributed by atoms with Crippen LogP contribution >= 0.6 is 11.6 Å². The van der Waals surface area contributed by atoms with Crippen molar-refractivity contribution in [3.05, 3.63) is 41.3 Å². The Labute approximate surface area is 210 Å². The van der Waals surface area contributed by atoms with E-state index >= 15 is 0 Å². The van der Waals surface area contributed by atoms with Gasteiger partial charge in [-0.25, -0.2) is 9.97 Å². The smallest absolute Gasteiger partial charge is 0.219 e. The number of fused-ring (bicyclic) bond motifs is 3. The van der Waals surface area contributed by atoms with Gasteiger partial charge in [0.2, 0.25) is 5.91 Å². The molecule has 0 bridgehead atoms. The number of Topliss-reactive ketones (excluding diaryl/α,β-unsaturated/α-hetero) is 1. The van der Waals surface area contributed by atoms with Crippen molar-refractivity contribution in [2.75, 3.05) is 11.9 Å². The predicted molar refractivity (Wildman–Crippen MR) is 139 cm³/mol. The lowest BCUT2D eigenvalue weighted by Crippen LogP contribution is -2.33. The summed E-state index contributed by atoms with van der Waals surface area (Å²) in [6.45, 7) is 6.54. The molecule has 2 aromatic heterocycles. The van der Waals surface area contributed by atoms with Crippen LogP contribution in [0.3, 0.4) is 0 Å². The van der Waals surface area contributed by atoms with Crippen LogP contribution in [-0.2, 0) is 21.5 Å². The van der Waals surface area contributed by atoms with Gasteiger partial charge in [-0.15, -0.1) is 0 Å². The van der Waals surface area contributed by atoms with E-state index in [1.54, 1.807) is 6.20 Å². The highest BCUT2D eigenvalue weighted by Gasteiger charge is 2.32. The molecule has 2 N–H and O–H groups in total. The molecule has 0 unspecified atom stereocenters. The summed E-state index contributed by atoms with van der Waals surface area (Å²) in [6.07, 6.45) is 6.53. The summed E-state index contributed by atoms with van der Waals surface area (Å²) < 4.78 is 2.34. The zero-order valence-corrected chi connectivity index (χ0v) is 21.3. The van der Waals surface area contributed by atoms with Gasteiger partial charge in [0.1, 0.15) is 11.6 Å². The number of hydrogen-bond donors (Lipinski definition) is 2. The minimum Gasteiger partial charge on any atom is -0.363 e. The first-order chi connectivity index (χ1) is 16.7. The summed E-state index contributed by atoms with van der Waals surface area (Å²) in [4.78, 5) is 33.6. The van der Waals surface area contributed by atoms with E-state index in [1.807, 2.05) is 25.1 Å². The van der Waals surface area contributed by atoms with E-state index in [9.17, 15) is 9.59 Å². The van der Waals surface area contributed by atoms with Gasteiger partial charge in [-0.05, 0) is 63.3 Å². The van der Waals surface area contributed by atoms with Gasteiger partial charge in [0, 0.05) is 42.1 Å². The first-order valence-corrected chi connectivity index (χ1v) is 12.9. The number of carbonyl (C=O) groups excluding carboxylic acids is 2. The highest BCUT2D eigenvalue weighted by atomic mass is 35.5. The first-order valence-electron chi connectivity index (χ1n) is 12.5. The van der Waals surface area contributed by atoms with Crippen LogP contribution in [-0.4, -0.2) is 38.8 Å². The van der Waals surface area contributed by atoms with Crippen molar-refractivity contribution in [2.24, 2.45) is 5.92 Å². The van der Waals surface area contributed by atoms with Crippen molar-refractivity contribution in [1.29, 1.82) is 0 Å². The normalized spacial score (nSPS) is 20.7. The third kappa shape index (κ3) is 4.66. The quantitative estimate of drug-likeness (QED) is 0.477. The number of aryl methyl sites for hydroxylation is 1. The molecule has 35 heavy (non-hydrogen) atoms. The van der Waals surface area contributed by atoms with E-state index in [1.165, 1.54) is 0 Å². The summed E-state index contributed by atoms with van der Waals surface area (Å²) in [7, 11) is 0. The Morgan fingerprint density at radius 3 is 2.86 bits per heavy atom. The fourth-order valence-electron chi connectivity index (χ4n) is 5.48. The second-order valence-corrected chi connectivity index (χ2v) is 10.8. The van der Waals surface area contributed by atoms with Crippen molar-refractivity contribution < 1.29 is 9.59 Å². The number of amides is 1. The van der Waals surface area contributed by atoms with Crippen LogP contribution < -0.4 is 10.6 Å². The molecule has 184 valence electrons. The number of benzene rings is 1. The minimum absolute atomic E-state index is 0.0360. The van der Waals surface area contributed by atoms with Gasteiger partial charge in [0.05, 0.1) is 22.6 Å². The Morgan fingerprint density at radius 2 is 2.06 bits per heavy atom. The van der Waals surface area contributed by atoms with E-state index in [4.69, 9.17) is 16.6 Å². The van der Waals surface area contributed by atoms with Crippen LogP contribution in [0.4, 0.5) is 5.82 Å². The molecule has 1 aromatic carbocycles. The summed E-state index contributed by atoms with van der Waals surface area (Å²) in [6, 6.07) is 8.24. The number of aromatic nitrogens is 3. The number of carbonyl (C=O) groups is 2. The zero-order valence-electron chi connectivity index (χ0n) is 20.5. The molecule has 8 heteroatoms. The number of pyridine rings is 1. The van der Waals surface area contributed by atoms with Crippen LogP contribution in [0.5, 0.6) is 0 Å². The highest BCUT2D eigenvalue weighted by Crippen LogP contribution is 2.38. The molecule has 1 aliphatic carbocycles. The lowest BCUT2D eigenvalue weighted by Gasteiger charge is -2.22. The Bertz CT molecular complexity index is 1300. The number of imidazole rings is 1. The average molecular weight is 494 g/mol. The molecule has 1 aliphatic heterocycles. The Balaban J connectivity index is 1.31. The molecule has 1 amide bonds. The van der Waals surface area contributed by atoms with Crippen molar-refractivity contribution in [3.63, 3.8) is 0 Å². The Hall–Kier alpha value is -2.93. The lowest BCUT2D eigenvalue weighted by molar-refractivity contribution is -0.123. The number of halogens is 1. The summed E-state index contributed by atoms with van der Waals surface area (Å²) >= 11 is 6.55. The second kappa shape index (κ2) is 9.26. The van der Waals surface area contributed by atoms with Gasteiger partial charge in [-0.3, -0.25) is 9.59 Å². The molecule has 0 radical (unpaired) electrons. The maximum Gasteiger partial charge on any atom is 0.219 e. The molecule has 7 nitrogen and oxygen atoms in total. The molecule has 2 atom stereocenters. The van der Waals surface area contributed by atoms with Gasteiger partial charge in [-0.1, -0.05) is 24.6 Å². The summed E-state index contributed by atoms with van der Waals surface area (Å²) in [5.74, 6) is 1.90. The molecule has 0 spiro atoms. The molecular formula is C27H32ClN5O2.